The lowest BCUT2D eigenvalue weighted by Crippen LogP contribution is -2.62. The molecule has 0 amide bonds. The van der Waals surface area contributed by atoms with Crippen LogP contribution >= 0.6 is 0 Å². The molecule has 0 saturated carbocycles. The molecule has 0 aromatic heterocycles. The predicted molar refractivity (Wildman–Crippen MR) is 72.9 cm³/mol. The van der Waals surface area contributed by atoms with Crippen molar-refractivity contribution in [3.8, 4) is 0 Å². The monoisotopic (exact) mass is 253 g/mol. The van der Waals surface area contributed by atoms with Gasteiger partial charge in [-0.2, -0.15) is 0 Å². The Hall–Kier alpha value is -0.160. The average molecular weight is 253 g/mol. The minimum absolute atomic E-state index is 0.591. The third-order valence-electron chi connectivity index (χ3n) is 5.03. The molecule has 4 heteroatoms. The fraction of sp³-hybridized carbons (Fsp3) is 1.00. The molecule has 0 bridgehead atoms. The van der Waals surface area contributed by atoms with Gasteiger partial charge in [-0.15, -0.1) is 0 Å². The Morgan fingerprint density at radius 3 is 2.83 bits per heavy atom. The molecule has 3 rings (SSSR count). The molecule has 1 N–H and O–H groups in total. The first-order valence-electron chi connectivity index (χ1n) is 7.61. The molecule has 0 aliphatic carbocycles. The second-order valence-corrected chi connectivity index (χ2v) is 6.01. The maximum Gasteiger partial charge on any atom is 0.0637 e. The Morgan fingerprint density at radius 1 is 1.06 bits per heavy atom. The van der Waals surface area contributed by atoms with Gasteiger partial charge in [0.1, 0.15) is 0 Å². The van der Waals surface area contributed by atoms with Crippen LogP contribution in [0.5, 0.6) is 0 Å². The number of rotatable bonds is 2. The van der Waals surface area contributed by atoms with Crippen LogP contribution in [-0.4, -0.2) is 74.4 Å². The van der Waals surface area contributed by atoms with Crippen LogP contribution in [0.15, 0.2) is 0 Å². The number of piperazine rings is 1. The Kier molecular flexibility index (Phi) is 4.19. The van der Waals surface area contributed by atoms with Crippen molar-refractivity contribution in [2.45, 2.75) is 43.8 Å². The largest absolute Gasteiger partial charge is 0.380 e. The Labute approximate surface area is 111 Å². The summed E-state index contributed by atoms with van der Waals surface area (Å²) < 4.78 is 5.71. The van der Waals surface area contributed by atoms with E-state index in [1.54, 1.807) is 0 Å². The maximum atomic E-state index is 5.71. The minimum Gasteiger partial charge on any atom is -0.380 e. The first-order chi connectivity index (χ1) is 8.88. The molecular weight excluding hydrogens is 226 g/mol. The number of ether oxygens (including phenoxy) is 1. The zero-order valence-corrected chi connectivity index (χ0v) is 11.6. The molecule has 3 unspecified atom stereocenters. The van der Waals surface area contributed by atoms with E-state index in [0.29, 0.717) is 12.1 Å². The van der Waals surface area contributed by atoms with Crippen LogP contribution in [0.4, 0.5) is 0 Å². The molecule has 4 nitrogen and oxygen atoms in total. The molecule has 3 fully saturated rings. The molecule has 3 saturated heterocycles. The zero-order chi connectivity index (χ0) is 12.4. The van der Waals surface area contributed by atoms with Crippen LogP contribution in [0.3, 0.4) is 0 Å². The summed E-state index contributed by atoms with van der Waals surface area (Å²) in [7, 11) is 2.10. The predicted octanol–water partition coefficient (Wildman–Crippen LogP) is 0.533. The van der Waals surface area contributed by atoms with E-state index >= 15 is 0 Å². The molecule has 3 aliphatic rings. The summed E-state index contributed by atoms with van der Waals surface area (Å²) in [6, 6.07) is 2.02. The number of nitrogens with zero attached hydrogens (tertiary/aromatic N) is 2. The Bertz CT molecular complexity index is 274. The standard InChI is InChI=1S/C14H27N3O/c1-15-13-5-9-18-11-14(13)17-8-7-16-6-3-2-4-12(16)10-17/h12-15H,2-11H2,1H3. The highest BCUT2D eigenvalue weighted by atomic mass is 16.5. The summed E-state index contributed by atoms with van der Waals surface area (Å²) in [4.78, 5) is 5.39. The van der Waals surface area contributed by atoms with Crippen LogP contribution < -0.4 is 5.32 Å². The Morgan fingerprint density at radius 2 is 1.94 bits per heavy atom. The van der Waals surface area contributed by atoms with E-state index in [-0.39, 0.29) is 0 Å². The van der Waals surface area contributed by atoms with Gasteiger partial charge in [0.2, 0.25) is 0 Å². The molecule has 0 spiro atoms. The highest BCUT2D eigenvalue weighted by molar-refractivity contribution is 4.93. The van der Waals surface area contributed by atoms with E-state index < -0.39 is 0 Å². The first-order valence-corrected chi connectivity index (χ1v) is 7.61. The van der Waals surface area contributed by atoms with Gasteiger partial charge in [-0.1, -0.05) is 6.42 Å². The number of likely N-dealkylation sites (N-methyl/N-ethyl adjacent to an activating group) is 1. The van der Waals surface area contributed by atoms with Crippen molar-refractivity contribution in [1.82, 2.24) is 15.1 Å². The van der Waals surface area contributed by atoms with Crippen LogP contribution in [0.1, 0.15) is 25.7 Å². The lowest BCUT2D eigenvalue weighted by Gasteiger charge is -2.48. The van der Waals surface area contributed by atoms with Gasteiger partial charge in [0, 0.05) is 44.4 Å². The molecule has 3 aliphatic heterocycles. The van der Waals surface area contributed by atoms with Gasteiger partial charge in [0.25, 0.3) is 0 Å². The molecule has 0 aromatic carbocycles. The smallest absolute Gasteiger partial charge is 0.0637 e. The normalized spacial score (nSPS) is 39.5. The van der Waals surface area contributed by atoms with E-state index in [0.717, 1.165) is 25.7 Å². The van der Waals surface area contributed by atoms with E-state index in [1.807, 2.05) is 0 Å². The summed E-state index contributed by atoms with van der Waals surface area (Å²) in [6.07, 6.45) is 5.38. The minimum atomic E-state index is 0.591. The van der Waals surface area contributed by atoms with Gasteiger partial charge >= 0.3 is 0 Å². The van der Waals surface area contributed by atoms with Gasteiger partial charge in [0.15, 0.2) is 0 Å². The molecule has 0 aromatic rings. The summed E-state index contributed by atoms with van der Waals surface area (Å²) >= 11 is 0. The van der Waals surface area contributed by atoms with E-state index in [9.17, 15) is 0 Å². The number of fused-ring (bicyclic) bond motifs is 1. The molecule has 3 heterocycles. The summed E-state index contributed by atoms with van der Waals surface area (Å²) in [5.41, 5.74) is 0. The number of nitrogens with one attached hydrogen (secondary N) is 1. The molecular formula is C14H27N3O. The average Bonchev–Trinajstić information content (AvgIpc) is 2.46. The fourth-order valence-corrected chi connectivity index (χ4v) is 3.90. The highest BCUT2D eigenvalue weighted by Crippen LogP contribution is 2.24. The van der Waals surface area contributed by atoms with Crippen molar-refractivity contribution in [1.29, 1.82) is 0 Å². The number of piperidine rings is 1. The van der Waals surface area contributed by atoms with E-state index in [2.05, 4.69) is 22.2 Å². The van der Waals surface area contributed by atoms with Crippen LogP contribution in [0.25, 0.3) is 0 Å². The highest BCUT2D eigenvalue weighted by Gasteiger charge is 2.36. The first kappa shape index (κ1) is 12.9. The second kappa shape index (κ2) is 5.87. The molecule has 18 heavy (non-hydrogen) atoms. The van der Waals surface area contributed by atoms with Gasteiger partial charge in [-0.05, 0) is 32.9 Å². The van der Waals surface area contributed by atoms with Gasteiger partial charge in [-0.3, -0.25) is 9.80 Å². The van der Waals surface area contributed by atoms with Gasteiger partial charge in [0.05, 0.1) is 6.61 Å². The fourth-order valence-electron chi connectivity index (χ4n) is 3.90. The summed E-state index contributed by atoms with van der Waals surface area (Å²) in [5, 5.41) is 3.49. The van der Waals surface area contributed by atoms with Crippen LogP contribution in [-0.2, 0) is 4.74 Å². The third kappa shape index (κ3) is 2.57. The molecule has 104 valence electrons. The van der Waals surface area contributed by atoms with E-state index in [1.165, 1.54) is 45.4 Å². The molecule has 3 atom stereocenters. The summed E-state index contributed by atoms with van der Waals surface area (Å²) in [5.74, 6) is 0. The van der Waals surface area contributed by atoms with Crippen molar-refractivity contribution in [3.63, 3.8) is 0 Å². The number of hydrogen-bond donors (Lipinski definition) is 1. The van der Waals surface area contributed by atoms with Crippen molar-refractivity contribution in [3.05, 3.63) is 0 Å². The molecule has 0 radical (unpaired) electrons. The van der Waals surface area contributed by atoms with Gasteiger partial charge in [-0.25, -0.2) is 0 Å². The van der Waals surface area contributed by atoms with E-state index in [4.69, 9.17) is 4.74 Å². The lowest BCUT2D eigenvalue weighted by atomic mass is 9.95. The van der Waals surface area contributed by atoms with Crippen molar-refractivity contribution < 1.29 is 4.74 Å². The quantitative estimate of drug-likeness (QED) is 0.777. The maximum absolute atomic E-state index is 5.71. The van der Waals surface area contributed by atoms with Crippen LogP contribution in [0.2, 0.25) is 0 Å². The number of hydrogen-bond acceptors (Lipinski definition) is 4. The second-order valence-electron chi connectivity index (χ2n) is 6.01. The lowest BCUT2D eigenvalue weighted by molar-refractivity contribution is -0.0391. The van der Waals surface area contributed by atoms with Crippen molar-refractivity contribution in [2.24, 2.45) is 0 Å². The van der Waals surface area contributed by atoms with Crippen LogP contribution in [0, 0.1) is 0 Å². The van der Waals surface area contributed by atoms with Crippen molar-refractivity contribution in [2.75, 3.05) is 46.4 Å². The Balaban J connectivity index is 1.61. The topological polar surface area (TPSA) is 27.7 Å². The zero-order valence-electron chi connectivity index (χ0n) is 11.6. The van der Waals surface area contributed by atoms with Gasteiger partial charge < -0.3 is 10.1 Å². The third-order valence-corrected chi connectivity index (χ3v) is 5.03. The summed E-state index contributed by atoms with van der Waals surface area (Å²) in [6.45, 7) is 6.91. The SMILES string of the molecule is CNC1CCOCC1N1CCN2CCCCC2C1. The van der Waals surface area contributed by atoms with Crippen molar-refractivity contribution >= 4 is 0 Å².